The summed E-state index contributed by atoms with van der Waals surface area (Å²) in [6.07, 6.45) is -2.61. The first-order valence-electron chi connectivity index (χ1n) is 4.63. The number of nitrogens with one attached hydrogen (secondary N) is 1. The van der Waals surface area contributed by atoms with Crippen LogP contribution in [0.5, 0.6) is 0 Å². The van der Waals surface area contributed by atoms with E-state index < -0.39 is 23.4 Å². The second kappa shape index (κ2) is 3.85. The lowest BCUT2D eigenvalue weighted by Crippen LogP contribution is -2.34. The Hall–Kier alpha value is -2.44. The summed E-state index contributed by atoms with van der Waals surface area (Å²) >= 11 is 0. The van der Waals surface area contributed by atoms with Crippen LogP contribution >= 0.6 is 0 Å². The van der Waals surface area contributed by atoms with Crippen LogP contribution in [0.15, 0.2) is 33.9 Å². The standard InChI is InChI=1S/C10H7FN2O4/c11-7(10(16)17)13-9(15)6-4-2-1-3-5(6)8(14)12-13/h1-4,7H,(H,12,14)(H,16,17). The number of carboxylic acid groups (broad SMARTS) is 1. The minimum Gasteiger partial charge on any atom is -0.478 e. The van der Waals surface area contributed by atoms with E-state index in [9.17, 15) is 18.8 Å². The number of benzene rings is 1. The van der Waals surface area contributed by atoms with Crippen LogP contribution in [-0.4, -0.2) is 20.9 Å². The highest BCUT2D eigenvalue weighted by molar-refractivity contribution is 5.80. The number of carboxylic acids is 1. The number of hydrogen-bond acceptors (Lipinski definition) is 3. The van der Waals surface area contributed by atoms with E-state index in [-0.39, 0.29) is 15.5 Å². The highest BCUT2D eigenvalue weighted by atomic mass is 19.1. The number of H-pyrrole nitrogens is 1. The number of rotatable bonds is 2. The first-order valence-corrected chi connectivity index (χ1v) is 4.63. The van der Waals surface area contributed by atoms with Crippen molar-refractivity contribution >= 4 is 16.7 Å². The van der Waals surface area contributed by atoms with Crippen LogP contribution in [0.1, 0.15) is 6.30 Å². The van der Waals surface area contributed by atoms with Crippen LogP contribution in [0.2, 0.25) is 0 Å². The number of hydrogen-bond donors (Lipinski definition) is 2. The van der Waals surface area contributed by atoms with Crippen molar-refractivity contribution in [2.45, 2.75) is 6.30 Å². The molecule has 1 heterocycles. The van der Waals surface area contributed by atoms with Gasteiger partial charge in [0.05, 0.1) is 10.8 Å². The molecule has 0 saturated carbocycles. The number of halogens is 1. The van der Waals surface area contributed by atoms with Crippen LogP contribution in [-0.2, 0) is 4.79 Å². The zero-order chi connectivity index (χ0) is 12.6. The molecule has 88 valence electrons. The minimum atomic E-state index is -2.61. The molecule has 2 rings (SSSR count). The summed E-state index contributed by atoms with van der Waals surface area (Å²) in [6.45, 7) is 0. The third kappa shape index (κ3) is 1.71. The van der Waals surface area contributed by atoms with Crippen molar-refractivity contribution in [3.8, 4) is 0 Å². The third-order valence-corrected chi connectivity index (χ3v) is 2.27. The van der Waals surface area contributed by atoms with Gasteiger partial charge in [0, 0.05) is 0 Å². The van der Waals surface area contributed by atoms with E-state index in [1.165, 1.54) is 18.2 Å². The Bertz CT molecular complexity index is 703. The molecule has 1 aromatic heterocycles. The Kier molecular flexibility index (Phi) is 2.51. The topological polar surface area (TPSA) is 92.2 Å². The molecule has 6 nitrogen and oxygen atoms in total. The van der Waals surface area contributed by atoms with Gasteiger partial charge in [-0.2, -0.15) is 0 Å². The molecule has 2 N–H and O–H groups in total. The molecule has 7 heteroatoms. The molecule has 0 saturated heterocycles. The zero-order valence-electron chi connectivity index (χ0n) is 8.38. The van der Waals surface area contributed by atoms with Gasteiger partial charge in [0.25, 0.3) is 17.4 Å². The maximum absolute atomic E-state index is 13.2. The van der Waals surface area contributed by atoms with Gasteiger partial charge in [-0.1, -0.05) is 12.1 Å². The van der Waals surface area contributed by atoms with E-state index in [1.54, 1.807) is 6.07 Å². The Labute approximate surface area is 92.9 Å². The zero-order valence-corrected chi connectivity index (χ0v) is 8.38. The Morgan fingerprint density at radius 2 is 1.88 bits per heavy atom. The normalized spacial score (nSPS) is 12.5. The summed E-state index contributed by atoms with van der Waals surface area (Å²) in [4.78, 5) is 33.7. The SMILES string of the molecule is O=C(O)C(F)n1[nH]c(=O)c2ccccc2c1=O. The monoisotopic (exact) mass is 238 g/mol. The average Bonchev–Trinajstić information content (AvgIpc) is 2.33. The second-order valence-electron chi connectivity index (χ2n) is 3.34. The fraction of sp³-hybridized carbons (Fsp3) is 0.100. The molecule has 0 radical (unpaired) electrons. The molecule has 0 fully saturated rings. The van der Waals surface area contributed by atoms with E-state index >= 15 is 0 Å². The van der Waals surface area contributed by atoms with Gasteiger partial charge < -0.3 is 5.11 Å². The Balaban J connectivity index is 2.85. The fourth-order valence-corrected chi connectivity index (χ4v) is 1.49. The molecular formula is C10H7FN2O4. The van der Waals surface area contributed by atoms with Crippen LogP contribution in [0.4, 0.5) is 4.39 Å². The molecule has 2 aromatic rings. The number of carbonyl (C=O) groups is 1. The summed E-state index contributed by atoms with van der Waals surface area (Å²) in [6, 6.07) is 5.78. The second-order valence-corrected chi connectivity index (χ2v) is 3.34. The van der Waals surface area contributed by atoms with Crippen molar-refractivity contribution in [3.05, 3.63) is 45.0 Å². The van der Waals surface area contributed by atoms with E-state index in [4.69, 9.17) is 5.11 Å². The molecule has 17 heavy (non-hydrogen) atoms. The van der Waals surface area contributed by atoms with Crippen LogP contribution in [0.25, 0.3) is 10.8 Å². The Morgan fingerprint density at radius 3 is 2.47 bits per heavy atom. The summed E-state index contributed by atoms with van der Waals surface area (Å²) in [7, 11) is 0. The molecule has 0 amide bonds. The predicted molar refractivity (Wildman–Crippen MR) is 56.6 cm³/mol. The lowest BCUT2D eigenvalue weighted by atomic mass is 10.2. The van der Waals surface area contributed by atoms with Crippen molar-refractivity contribution in [3.63, 3.8) is 0 Å². The number of aliphatic carboxylic acids is 1. The largest absolute Gasteiger partial charge is 0.478 e. The summed E-state index contributed by atoms with van der Waals surface area (Å²) in [5.41, 5.74) is -1.61. The number of aromatic nitrogens is 2. The first-order chi connectivity index (χ1) is 8.02. The third-order valence-electron chi connectivity index (χ3n) is 2.27. The molecule has 0 aliphatic heterocycles. The van der Waals surface area contributed by atoms with Crippen LogP contribution in [0, 0.1) is 0 Å². The van der Waals surface area contributed by atoms with Gasteiger partial charge in [-0.3, -0.25) is 14.7 Å². The summed E-state index contributed by atoms with van der Waals surface area (Å²) in [5.74, 6) is -1.85. The molecule has 0 aliphatic carbocycles. The van der Waals surface area contributed by atoms with Crippen LogP contribution < -0.4 is 11.1 Å². The van der Waals surface area contributed by atoms with Gasteiger partial charge in [0.15, 0.2) is 0 Å². The van der Waals surface area contributed by atoms with E-state index in [1.807, 2.05) is 5.10 Å². The van der Waals surface area contributed by atoms with Crippen molar-refractivity contribution in [1.82, 2.24) is 9.78 Å². The maximum Gasteiger partial charge on any atom is 0.361 e. The lowest BCUT2D eigenvalue weighted by Gasteiger charge is -2.07. The molecule has 0 spiro atoms. The van der Waals surface area contributed by atoms with Crippen LogP contribution in [0.3, 0.4) is 0 Å². The van der Waals surface area contributed by atoms with Gasteiger partial charge in [-0.05, 0) is 12.1 Å². The van der Waals surface area contributed by atoms with E-state index in [0.29, 0.717) is 0 Å². The fourth-order valence-electron chi connectivity index (χ4n) is 1.49. The molecule has 1 aromatic carbocycles. The molecule has 1 unspecified atom stereocenters. The van der Waals surface area contributed by atoms with Gasteiger partial charge in [-0.15, -0.1) is 0 Å². The molecule has 0 bridgehead atoms. The summed E-state index contributed by atoms with van der Waals surface area (Å²) in [5, 5.41) is 10.4. The highest BCUT2D eigenvalue weighted by Crippen LogP contribution is 2.06. The molecule has 1 atom stereocenters. The van der Waals surface area contributed by atoms with Gasteiger partial charge >= 0.3 is 5.97 Å². The van der Waals surface area contributed by atoms with Crippen molar-refractivity contribution in [2.24, 2.45) is 0 Å². The predicted octanol–water partition coefficient (Wildman–Crippen LogP) is 0.242. The minimum absolute atomic E-state index is 0.0276. The Morgan fingerprint density at radius 1 is 1.29 bits per heavy atom. The van der Waals surface area contributed by atoms with Crippen molar-refractivity contribution in [2.75, 3.05) is 0 Å². The van der Waals surface area contributed by atoms with Gasteiger partial charge in [0.1, 0.15) is 0 Å². The quantitative estimate of drug-likeness (QED) is 0.783. The molecular weight excluding hydrogens is 231 g/mol. The highest BCUT2D eigenvalue weighted by Gasteiger charge is 2.21. The number of alkyl halides is 1. The van der Waals surface area contributed by atoms with Gasteiger partial charge in [-0.25, -0.2) is 13.9 Å². The van der Waals surface area contributed by atoms with Crippen molar-refractivity contribution < 1.29 is 14.3 Å². The number of aromatic amines is 1. The van der Waals surface area contributed by atoms with E-state index in [2.05, 4.69) is 0 Å². The van der Waals surface area contributed by atoms with Gasteiger partial charge in [0.2, 0.25) is 0 Å². The maximum atomic E-state index is 13.2. The first kappa shape index (κ1) is 11.1. The smallest absolute Gasteiger partial charge is 0.361 e. The average molecular weight is 238 g/mol. The molecule has 0 aliphatic rings. The van der Waals surface area contributed by atoms with E-state index in [0.717, 1.165) is 0 Å². The van der Waals surface area contributed by atoms with Crippen molar-refractivity contribution in [1.29, 1.82) is 0 Å². The summed E-state index contributed by atoms with van der Waals surface area (Å²) < 4.78 is 13.4. The lowest BCUT2D eigenvalue weighted by molar-refractivity contribution is -0.147. The number of nitrogens with zero attached hydrogens (tertiary/aromatic N) is 1. The number of fused-ring (bicyclic) bond motifs is 1.